The maximum Gasteiger partial charge on any atom is 0.425 e. The maximum atomic E-state index is 13.6. The predicted octanol–water partition coefficient (Wildman–Crippen LogP) is 4.08. The number of carbonyl (C=O) groups excluding carboxylic acids is 1. The summed E-state index contributed by atoms with van der Waals surface area (Å²) >= 11 is 0. The molecule has 0 radical (unpaired) electrons. The van der Waals surface area contributed by atoms with E-state index >= 15 is 0 Å². The molecule has 1 aliphatic heterocycles. The molecule has 4 rings (SSSR count). The molecule has 8 nitrogen and oxygen atoms in total. The fourth-order valence-electron chi connectivity index (χ4n) is 3.72. The molecule has 0 spiro atoms. The normalized spacial score (nSPS) is 13.8. The molecule has 1 aromatic carbocycles. The minimum atomic E-state index is -4.67. The third kappa shape index (κ3) is 4.37. The molecular formula is C23H19F4N5O3. The van der Waals surface area contributed by atoms with Crippen LogP contribution in [0.2, 0.25) is 0 Å². The Kier molecular flexibility index (Phi) is 6.10. The number of aromatic nitrogens is 3. The molecule has 2 aromatic heterocycles. The minimum Gasteiger partial charge on any atom is -0.494 e. The Labute approximate surface area is 197 Å². The molecule has 35 heavy (non-hydrogen) atoms. The van der Waals surface area contributed by atoms with Crippen LogP contribution in [0.4, 0.5) is 17.6 Å². The molecule has 0 N–H and O–H groups in total. The van der Waals surface area contributed by atoms with E-state index in [-0.39, 0.29) is 41.4 Å². The van der Waals surface area contributed by atoms with Crippen molar-refractivity contribution in [3.05, 3.63) is 64.4 Å². The topological polar surface area (TPSA) is 93.3 Å². The quantitative estimate of drug-likeness (QED) is 0.502. The van der Waals surface area contributed by atoms with Crippen molar-refractivity contribution >= 4 is 5.91 Å². The number of alkyl halides is 3. The van der Waals surface area contributed by atoms with Gasteiger partial charge in [-0.25, -0.2) is 14.1 Å². The lowest BCUT2D eigenvalue weighted by molar-refractivity contribution is -0.189. The van der Waals surface area contributed by atoms with Gasteiger partial charge in [0, 0.05) is 12.1 Å². The molecule has 0 saturated heterocycles. The van der Waals surface area contributed by atoms with Gasteiger partial charge in [-0.2, -0.15) is 23.5 Å². The monoisotopic (exact) mass is 489 g/mol. The second-order valence-electron chi connectivity index (χ2n) is 7.86. The molecule has 1 aliphatic rings. The molecule has 3 aromatic rings. The molecule has 0 bridgehead atoms. The van der Waals surface area contributed by atoms with Crippen molar-refractivity contribution in [3.63, 3.8) is 0 Å². The molecule has 3 heterocycles. The van der Waals surface area contributed by atoms with Crippen molar-refractivity contribution < 1.29 is 31.8 Å². The lowest BCUT2D eigenvalue weighted by Crippen LogP contribution is -2.33. The largest absolute Gasteiger partial charge is 0.494 e. The first-order valence-corrected chi connectivity index (χ1v) is 10.4. The van der Waals surface area contributed by atoms with Crippen LogP contribution in [0.3, 0.4) is 0 Å². The number of fused-ring (bicyclic) bond motifs is 1. The summed E-state index contributed by atoms with van der Waals surface area (Å²) < 4.78 is 64.9. The molecule has 182 valence electrons. The van der Waals surface area contributed by atoms with E-state index in [4.69, 9.17) is 9.47 Å². The summed E-state index contributed by atoms with van der Waals surface area (Å²) in [7, 11) is 1.21. The van der Waals surface area contributed by atoms with Gasteiger partial charge in [-0.1, -0.05) is 0 Å². The minimum absolute atomic E-state index is 0.0308. The van der Waals surface area contributed by atoms with Crippen LogP contribution in [0.15, 0.2) is 30.5 Å². The third-order valence-electron chi connectivity index (χ3n) is 5.59. The molecule has 12 heteroatoms. The zero-order valence-electron chi connectivity index (χ0n) is 18.9. The number of ether oxygens (including phenoxy) is 2. The predicted molar refractivity (Wildman–Crippen MR) is 113 cm³/mol. The molecule has 1 atom stereocenters. The Morgan fingerprint density at radius 3 is 2.60 bits per heavy atom. The first kappa shape index (κ1) is 24.0. The van der Waals surface area contributed by atoms with Crippen LogP contribution < -0.4 is 9.47 Å². The van der Waals surface area contributed by atoms with Crippen molar-refractivity contribution in [2.24, 2.45) is 0 Å². The van der Waals surface area contributed by atoms with Gasteiger partial charge < -0.3 is 14.4 Å². The Balaban J connectivity index is 1.70. The van der Waals surface area contributed by atoms with Crippen LogP contribution in [-0.4, -0.2) is 45.0 Å². The van der Waals surface area contributed by atoms with Crippen LogP contribution >= 0.6 is 0 Å². The Hall–Kier alpha value is -4.14. The second kappa shape index (κ2) is 8.90. The smallest absolute Gasteiger partial charge is 0.425 e. The Morgan fingerprint density at radius 2 is 1.97 bits per heavy atom. The highest BCUT2D eigenvalue weighted by Gasteiger charge is 2.40. The van der Waals surface area contributed by atoms with E-state index in [1.165, 1.54) is 48.0 Å². The molecular weight excluding hydrogens is 470 g/mol. The van der Waals surface area contributed by atoms with Gasteiger partial charge in [0.15, 0.2) is 17.7 Å². The van der Waals surface area contributed by atoms with E-state index in [0.29, 0.717) is 17.1 Å². The number of halogens is 4. The Bertz CT molecular complexity index is 1350. The summed E-state index contributed by atoms with van der Waals surface area (Å²) in [6.07, 6.45) is -5.34. The number of pyridine rings is 1. The van der Waals surface area contributed by atoms with Gasteiger partial charge in [0.05, 0.1) is 36.8 Å². The Morgan fingerprint density at radius 1 is 1.23 bits per heavy atom. The fraction of sp³-hybridized carbons (Fsp3) is 0.304. The number of aryl methyl sites for hydroxylation is 1. The molecule has 0 fully saturated rings. The fourth-order valence-corrected chi connectivity index (χ4v) is 3.72. The summed E-state index contributed by atoms with van der Waals surface area (Å²) in [5.74, 6) is -1.35. The van der Waals surface area contributed by atoms with Crippen molar-refractivity contribution in [2.45, 2.75) is 39.2 Å². The number of benzene rings is 1. The first-order chi connectivity index (χ1) is 16.5. The zero-order valence-corrected chi connectivity index (χ0v) is 18.9. The van der Waals surface area contributed by atoms with Gasteiger partial charge in [-0.05, 0) is 38.1 Å². The van der Waals surface area contributed by atoms with Gasteiger partial charge >= 0.3 is 6.18 Å². The first-order valence-electron chi connectivity index (χ1n) is 10.4. The van der Waals surface area contributed by atoms with Gasteiger partial charge in [-0.15, -0.1) is 0 Å². The van der Waals surface area contributed by atoms with Crippen LogP contribution in [-0.2, 0) is 13.1 Å². The number of hydrogen-bond acceptors (Lipinski definition) is 6. The highest BCUT2D eigenvalue weighted by Crippen LogP contribution is 2.37. The van der Waals surface area contributed by atoms with Crippen molar-refractivity contribution in [3.8, 4) is 23.4 Å². The number of hydrogen-bond donors (Lipinski definition) is 0. The lowest BCUT2D eigenvalue weighted by atomic mass is 10.1. The molecule has 0 aliphatic carbocycles. The van der Waals surface area contributed by atoms with E-state index in [1.807, 2.05) is 6.07 Å². The summed E-state index contributed by atoms with van der Waals surface area (Å²) in [5, 5.41) is 13.7. The number of nitriles is 1. The van der Waals surface area contributed by atoms with Crippen molar-refractivity contribution in [1.82, 2.24) is 19.7 Å². The number of rotatable bonds is 5. The lowest BCUT2D eigenvalue weighted by Gasteiger charge is -2.23. The molecule has 1 unspecified atom stereocenters. The summed E-state index contributed by atoms with van der Waals surface area (Å²) in [4.78, 5) is 19.1. The average molecular weight is 489 g/mol. The summed E-state index contributed by atoms with van der Waals surface area (Å²) in [6.45, 7) is 2.47. The van der Waals surface area contributed by atoms with Crippen molar-refractivity contribution in [2.75, 3.05) is 7.11 Å². The summed E-state index contributed by atoms with van der Waals surface area (Å²) in [6, 6.07) is 6.95. The van der Waals surface area contributed by atoms with Crippen LogP contribution in [0, 0.1) is 24.1 Å². The van der Waals surface area contributed by atoms with Gasteiger partial charge in [0.25, 0.3) is 5.91 Å². The standard InChI is InChI=1S/C23H19F4N5O3/c1-12-16(24)5-7-19(30-12)32-17-11-31(10-15(17)9-29-32)22(33)20-18(35-13(2)23(25,26)27)6-4-14(8-28)21(20)34-3/h4-7,9,13H,10-11H2,1-3H3. The molecule has 0 saturated carbocycles. The van der Waals surface area contributed by atoms with E-state index in [0.717, 1.165) is 13.0 Å². The zero-order chi connectivity index (χ0) is 25.5. The number of nitrogens with zero attached hydrogens (tertiary/aromatic N) is 5. The number of methoxy groups -OCH3 is 1. The van der Waals surface area contributed by atoms with Crippen LogP contribution in [0.5, 0.6) is 11.5 Å². The third-order valence-corrected chi connectivity index (χ3v) is 5.59. The van der Waals surface area contributed by atoms with E-state index < -0.39 is 24.0 Å². The maximum absolute atomic E-state index is 13.6. The van der Waals surface area contributed by atoms with E-state index in [2.05, 4.69) is 10.1 Å². The molecule has 1 amide bonds. The second-order valence-corrected chi connectivity index (χ2v) is 7.86. The van der Waals surface area contributed by atoms with Crippen LogP contribution in [0.25, 0.3) is 5.82 Å². The van der Waals surface area contributed by atoms with E-state index in [1.54, 1.807) is 0 Å². The van der Waals surface area contributed by atoms with Gasteiger partial charge in [0.1, 0.15) is 23.2 Å². The summed E-state index contributed by atoms with van der Waals surface area (Å²) in [5.41, 5.74) is 1.15. The van der Waals surface area contributed by atoms with Gasteiger partial charge in [0.2, 0.25) is 0 Å². The highest BCUT2D eigenvalue weighted by atomic mass is 19.4. The SMILES string of the molecule is COc1c(C#N)ccc(OC(C)C(F)(F)F)c1C(=O)N1Cc2cnn(-c3ccc(F)c(C)n3)c2C1. The van der Waals surface area contributed by atoms with Crippen LogP contribution in [0.1, 0.15) is 39.8 Å². The highest BCUT2D eigenvalue weighted by molar-refractivity contribution is 6.00. The number of carbonyl (C=O) groups is 1. The van der Waals surface area contributed by atoms with Gasteiger partial charge in [-0.3, -0.25) is 4.79 Å². The van der Waals surface area contributed by atoms with Crippen molar-refractivity contribution in [1.29, 1.82) is 5.26 Å². The van der Waals surface area contributed by atoms with E-state index in [9.17, 15) is 27.6 Å². The average Bonchev–Trinajstić information content (AvgIpc) is 3.40. The number of amides is 1.